The van der Waals surface area contributed by atoms with Gasteiger partial charge in [-0.1, -0.05) is 42.5 Å². The first kappa shape index (κ1) is 19.0. The van der Waals surface area contributed by atoms with E-state index in [9.17, 15) is 14.0 Å². The largest absolute Gasteiger partial charge is 0.340 e. The van der Waals surface area contributed by atoms with Crippen molar-refractivity contribution < 1.29 is 9.18 Å². The van der Waals surface area contributed by atoms with Gasteiger partial charge in [-0.3, -0.25) is 14.2 Å². The Morgan fingerprint density at radius 1 is 1.14 bits per heavy atom. The van der Waals surface area contributed by atoms with Gasteiger partial charge in [0.05, 0.1) is 11.7 Å². The summed E-state index contributed by atoms with van der Waals surface area (Å²) in [4.78, 5) is 32.2. The second kappa shape index (κ2) is 7.97. The first-order valence-electron chi connectivity index (χ1n) is 9.03. The molecule has 0 atom stereocenters. The molecule has 0 aliphatic carbocycles. The lowest BCUT2D eigenvalue weighted by Gasteiger charge is -2.18. The summed E-state index contributed by atoms with van der Waals surface area (Å²) in [5, 5.41) is 2.28. The number of thiophene rings is 1. The Kier molecular flexibility index (Phi) is 5.22. The fourth-order valence-corrected chi connectivity index (χ4v) is 4.04. The van der Waals surface area contributed by atoms with Crippen LogP contribution in [0.1, 0.15) is 5.56 Å². The zero-order valence-corrected chi connectivity index (χ0v) is 16.5. The Morgan fingerprint density at radius 3 is 2.59 bits per heavy atom. The molecule has 5 nitrogen and oxygen atoms in total. The first-order valence-corrected chi connectivity index (χ1v) is 9.91. The van der Waals surface area contributed by atoms with Crippen LogP contribution < -0.4 is 5.56 Å². The number of fused-ring (bicyclic) bond motifs is 1. The van der Waals surface area contributed by atoms with Crippen LogP contribution in [0.3, 0.4) is 0 Å². The molecule has 0 N–H and O–H groups in total. The van der Waals surface area contributed by atoms with E-state index in [-0.39, 0.29) is 23.8 Å². The Hall–Kier alpha value is -3.32. The lowest BCUT2D eigenvalue weighted by Crippen LogP contribution is -2.33. The summed E-state index contributed by atoms with van der Waals surface area (Å²) in [6.07, 6.45) is 1.41. The number of amides is 1. The number of hydrogen-bond acceptors (Lipinski definition) is 4. The van der Waals surface area contributed by atoms with E-state index in [2.05, 4.69) is 4.98 Å². The van der Waals surface area contributed by atoms with E-state index in [4.69, 9.17) is 0 Å². The van der Waals surface area contributed by atoms with E-state index in [1.165, 1.54) is 34.4 Å². The van der Waals surface area contributed by atoms with Crippen molar-refractivity contribution in [2.75, 3.05) is 7.05 Å². The van der Waals surface area contributed by atoms with Crippen LogP contribution in [-0.2, 0) is 17.9 Å². The molecule has 0 spiro atoms. The minimum Gasteiger partial charge on any atom is -0.340 e. The molecule has 0 unspecified atom stereocenters. The van der Waals surface area contributed by atoms with Crippen molar-refractivity contribution in [2.24, 2.45) is 0 Å². The summed E-state index contributed by atoms with van der Waals surface area (Å²) in [6.45, 7) is 0.368. The normalized spacial score (nSPS) is 11.0. The standard InChI is InChI=1S/C22H18FN3O2S/c1-25(11-15-5-3-2-4-6-15)19(27)12-26-14-24-21-20(22(26)28)18(13-29-21)16-7-9-17(23)10-8-16/h2-10,13-14H,11-12H2,1H3. The zero-order valence-electron chi connectivity index (χ0n) is 15.7. The molecule has 4 aromatic rings. The summed E-state index contributed by atoms with van der Waals surface area (Å²) < 4.78 is 14.6. The number of carbonyl (C=O) groups is 1. The number of likely N-dealkylation sites (N-methyl/N-ethyl adjacent to an activating group) is 1. The maximum absolute atomic E-state index is 13.2. The minimum atomic E-state index is -0.337. The summed E-state index contributed by atoms with van der Waals surface area (Å²) in [7, 11) is 1.71. The molecule has 0 bridgehead atoms. The van der Waals surface area contributed by atoms with Crippen molar-refractivity contribution in [3.63, 3.8) is 0 Å². The molecule has 2 aromatic carbocycles. The van der Waals surface area contributed by atoms with Crippen LogP contribution in [0, 0.1) is 5.82 Å². The van der Waals surface area contributed by atoms with Gasteiger partial charge in [-0.25, -0.2) is 9.37 Å². The fourth-order valence-electron chi connectivity index (χ4n) is 3.13. The molecule has 4 rings (SSSR count). The molecule has 7 heteroatoms. The molecule has 146 valence electrons. The Labute approximate surface area is 170 Å². The van der Waals surface area contributed by atoms with Crippen LogP contribution in [0.4, 0.5) is 4.39 Å². The smallest absolute Gasteiger partial charge is 0.263 e. The van der Waals surface area contributed by atoms with Gasteiger partial charge in [-0.05, 0) is 23.3 Å². The fraction of sp³-hybridized carbons (Fsp3) is 0.136. The van der Waals surface area contributed by atoms with Crippen molar-refractivity contribution in [1.29, 1.82) is 0 Å². The van der Waals surface area contributed by atoms with Gasteiger partial charge >= 0.3 is 0 Å². The highest BCUT2D eigenvalue weighted by Crippen LogP contribution is 2.30. The van der Waals surface area contributed by atoms with Crippen molar-refractivity contribution in [3.05, 3.63) is 88.0 Å². The quantitative estimate of drug-likeness (QED) is 0.504. The first-order chi connectivity index (χ1) is 14.0. The predicted octanol–water partition coefficient (Wildman–Crippen LogP) is 3.92. The molecule has 2 heterocycles. The molecule has 0 fully saturated rings. The summed E-state index contributed by atoms with van der Waals surface area (Å²) in [5.41, 5.74) is 2.17. The van der Waals surface area contributed by atoms with Gasteiger partial charge in [0, 0.05) is 24.5 Å². The Bertz CT molecular complexity index is 1220. The molecule has 0 saturated carbocycles. The zero-order chi connectivity index (χ0) is 20.4. The van der Waals surface area contributed by atoms with Crippen molar-refractivity contribution >= 4 is 27.5 Å². The summed E-state index contributed by atoms with van der Waals surface area (Å²) in [5.74, 6) is -0.522. The maximum atomic E-state index is 13.2. The van der Waals surface area contributed by atoms with Gasteiger partial charge in [0.1, 0.15) is 17.2 Å². The third kappa shape index (κ3) is 3.95. The van der Waals surface area contributed by atoms with E-state index in [1.54, 1.807) is 24.1 Å². The lowest BCUT2D eigenvalue weighted by molar-refractivity contribution is -0.131. The second-order valence-electron chi connectivity index (χ2n) is 6.75. The van der Waals surface area contributed by atoms with Gasteiger partial charge < -0.3 is 4.90 Å². The minimum absolute atomic E-state index is 0.0934. The van der Waals surface area contributed by atoms with Crippen LogP contribution >= 0.6 is 11.3 Å². The highest BCUT2D eigenvalue weighted by atomic mass is 32.1. The average Bonchev–Trinajstić information content (AvgIpc) is 3.16. The number of rotatable bonds is 5. The van der Waals surface area contributed by atoms with Crippen molar-refractivity contribution in [2.45, 2.75) is 13.1 Å². The predicted molar refractivity (Wildman–Crippen MR) is 112 cm³/mol. The van der Waals surface area contributed by atoms with Gasteiger partial charge in [-0.2, -0.15) is 0 Å². The van der Waals surface area contributed by atoms with E-state index in [1.807, 2.05) is 35.7 Å². The number of hydrogen-bond donors (Lipinski definition) is 0. The van der Waals surface area contributed by atoms with Gasteiger partial charge in [0.15, 0.2) is 0 Å². The van der Waals surface area contributed by atoms with E-state index in [0.717, 1.165) is 11.1 Å². The van der Waals surface area contributed by atoms with Crippen LogP contribution in [-0.4, -0.2) is 27.4 Å². The van der Waals surface area contributed by atoms with Crippen LogP contribution in [0.5, 0.6) is 0 Å². The SMILES string of the molecule is CN(Cc1ccccc1)C(=O)Cn1cnc2scc(-c3ccc(F)cc3)c2c1=O. The average molecular weight is 407 g/mol. The number of benzene rings is 2. The second-order valence-corrected chi connectivity index (χ2v) is 7.61. The molecule has 0 radical (unpaired) electrons. The third-order valence-corrected chi connectivity index (χ3v) is 5.60. The highest BCUT2D eigenvalue weighted by molar-refractivity contribution is 7.17. The Balaban J connectivity index is 1.62. The van der Waals surface area contributed by atoms with Crippen LogP contribution in [0.2, 0.25) is 0 Å². The molecule has 2 aromatic heterocycles. The molecule has 29 heavy (non-hydrogen) atoms. The number of nitrogens with zero attached hydrogens (tertiary/aromatic N) is 3. The van der Waals surface area contributed by atoms with Gasteiger partial charge in [0.2, 0.25) is 5.91 Å². The molecular weight excluding hydrogens is 389 g/mol. The van der Waals surface area contributed by atoms with Gasteiger partial charge in [0.25, 0.3) is 5.56 Å². The Morgan fingerprint density at radius 2 is 1.86 bits per heavy atom. The topological polar surface area (TPSA) is 55.2 Å². The molecule has 0 saturated heterocycles. The third-order valence-electron chi connectivity index (χ3n) is 4.71. The van der Waals surface area contributed by atoms with Crippen molar-refractivity contribution in [1.82, 2.24) is 14.5 Å². The molecule has 1 amide bonds. The molecule has 0 aliphatic rings. The van der Waals surface area contributed by atoms with E-state index in [0.29, 0.717) is 22.3 Å². The summed E-state index contributed by atoms with van der Waals surface area (Å²) >= 11 is 1.35. The number of aromatic nitrogens is 2. The van der Waals surface area contributed by atoms with E-state index >= 15 is 0 Å². The summed E-state index contributed by atoms with van der Waals surface area (Å²) in [6, 6.07) is 15.6. The van der Waals surface area contributed by atoms with Crippen LogP contribution in [0.25, 0.3) is 21.3 Å². The van der Waals surface area contributed by atoms with Gasteiger partial charge in [-0.15, -0.1) is 11.3 Å². The van der Waals surface area contributed by atoms with Crippen LogP contribution in [0.15, 0.2) is 71.1 Å². The van der Waals surface area contributed by atoms with Crippen molar-refractivity contribution in [3.8, 4) is 11.1 Å². The number of carbonyl (C=O) groups excluding carboxylic acids is 1. The number of halogens is 1. The van der Waals surface area contributed by atoms with E-state index < -0.39 is 0 Å². The molecular formula is C22H18FN3O2S. The highest BCUT2D eigenvalue weighted by Gasteiger charge is 2.16. The lowest BCUT2D eigenvalue weighted by atomic mass is 10.1. The molecule has 0 aliphatic heterocycles. The maximum Gasteiger partial charge on any atom is 0.263 e. The monoisotopic (exact) mass is 407 g/mol.